The Balaban J connectivity index is 2.02. The molecule has 246 valence electrons. The Labute approximate surface area is 261 Å². The average Bonchev–Trinajstić information content (AvgIpc) is 3.01. The predicted octanol–water partition coefficient (Wildman–Crippen LogP) is 12.0. The molecule has 0 aromatic heterocycles. The molecule has 0 radical (unpaired) electrons. The second-order valence-electron chi connectivity index (χ2n) is 12.9. The van der Waals surface area contributed by atoms with Gasteiger partial charge in [-0.2, -0.15) is 0 Å². The van der Waals surface area contributed by atoms with E-state index >= 15 is 0 Å². The highest BCUT2D eigenvalue weighted by Gasteiger charge is 2.31. The van der Waals surface area contributed by atoms with Gasteiger partial charge in [0.05, 0.1) is 19.1 Å². The molecule has 0 fully saturated rings. The first-order chi connectivity index (χ1) is 20.7. The standard InChI is InChI=1S/C38H70O4/c1-3-5-7-9-11-13-15-17-19-21-23-25-29-33-41-37(39)35-31-27-28-32-36(35)38(40)42-34-30-26-24-22-20-18-16-14-12-10-8-6-4-2/h31,36H,3-30,32-34H2,1-2H3. The summed E-state index contributed by atoms with van der Waals surface area (Å²) in [5, 5.41) is 0. The summed E-state index contributed by atoms with van der Waals surface area (Å²) in [7, 11) is 0. The van der Waals surface area contributed by atoms with Crippen molar-refractivity contribution in [3.05, 3.63) is 11.6 Å². The smallest absolute Gasteiger partial charge is 0.334 e. The number of allylic oxidation sites excluding steroid dienone is 1. The van der Waals surface area contributed by atoms with Gasteiger partial charge in [-0.3, -0.25) is 4.79 Å². The Hall–Kier alpha value is -1.32. The molecule has 42 heavy (non-hydrogen) atoms. The first-order valence-corrected chi connectivity index (χ1v) is 18.7. The lowest BCUT2D eigenvalue weighted by Crippen LogP contribution is -2.27. The number of carbonyl (C=O) groups is 2. The molecule has 4 heteroatoms. The van der Waals surface area contributed by atoms with E-state index < -0.39 is 5.92 Å². The zero-order valence-electron chi connectivity index (χ0n) is 28.2. The molecule has 0 N–H and O–H groups in total. The maximum absolute atomic E-state index is 12.8. The minimum atomic E-state index is -0.445. The molecule has 0 heterocycles. The maximum atomic E-state index is 12.8. The van der Waals surface area contributed by atoms with Crippen molar-refractivity contribution in [2.45, 2.75) is 200 Å². The molecule has 0 bridgehead atoms. The third-order valence-electron chi connectivity index (χ3n) is 8.93. The van der Waals surface area contributed by atoms with Gasteiger partial charge >= 0.3 is 11.9 Å². The van der Waals surface area contributed by atoms with Crippen LogP contribution in [0.2, 0.25) is 0 Å². The Morgan fingerprint density at radius 1 is 0.548 bits per heavy atom. The van der Waals surface area contributed by atoms with Gasteiger partial charge in [0.2, 0.25) is 0 Å². The first kappa shape index (κ1) is 38.7. The van der Waals surface area contributed by atoms with Crippen molar-refractivity contribution in [2.24, 2.45) is 5.92 Å². The highest BCUT2D eigenvalue weighted by Crippen LogP contribution is 2.27. The topological polar surface area (TPSA) is 52.6 Å². The zero-order chi connectivity index (χ0) is 30.4. The molecule has 1 atom stereocenters. The fourth-order valence-corrected chi connectivity index (χ4v) is 6.11. The van der Waals surface area contributed by atoms with E-state index in [1.54, 1.807) is 0 Å². The Morgan fingerprint density at radius 3 is 1.31 bits per heavy atom. The lowest BCUT2D eigenvalue weighted by Gasteiger charge is -2.21. The molecule has 4 nitrogen and oxygen atoms in total. The Bertz CT molecular complexity index is 655. The first-order valence-electron chi connectivity index (χ1n) is 18.7. The molecule has 0 saturated heterocycles. The lowest BCUT2D eigenvalue weighted by atomic mass is 9.87. The lowest BCUT2D eigenvalue weighted by molar-refractivity contribution is -0.151. The second kappa shape index (κ2) is 29.7. The Kier molecular flexibility index (Phi) is 27.4. The Morgan fingerprint density at radius 2 is 0.905 bits per heavy atom. The van der Waals surface area contributed by atoms with Gasteiger partial charge in [-0.1, -0.05) is 174 Å². The fourth-order valence-electron chi connectivity index (χ4n) is 6.11. The summed E-state index contributed by atoms with van der Waals surface area (Å²) in [6.07, 6.45) is 38.2. The molecule has 0 saturated carbocycles. The summed E-state index contributed by atoms with van der Waals surface area (Å²) >= 11 is 0. The summed E-state index contributed by atoms with van der Waals surface area (Å²) < 4.78 is 11.2. The van der Waals surface area contributed by atoms with Crippen LogP contribution in [0.5, 0.6) is 0 Å². The van der Waals surface area contributed by atoms with E-state index in [4.69, 9.17) is 9.47 Å². The molecule has 0 aromatic carbocycles. The molecule has 0 aromatic rings. The van der Waals surface area contributed by atoms with Crippen molar-refractivity contribution in [3.8, 4) is 0 Å². The van der Waals surface area contributed by atoms with Crippen LogP contribution in [0.1, 0.15) is 200 Å². The van der Waals surface area contributed by atoms with Crippen molar-refractivity contribution < 1.29 is 19.1 Å². The minimum absolute atomic E-state index is 0.238. The SMILES string of the molecule is CCCCCCCCCCCCCCCOC(=O)C1=CCCCC1C(=O)OCCCCCCCCCCCCCCC. The highest BCUT2D eigenvalue weighted by atomic mass is 16.5. The number of rotatable bonds is 30. The van der Waals surface area contributed by atoms with Crippen molar-refractivity contribution >= 4 is 11.9 Å². The summed E-state index contributed by atoms with van der Waals surface area (Å²) in [6.45, 7) is 5.46. The highest BCUT2D eigenvalue weighted by molar-refractivity contribution is 5.95. The quantitative estimate of drug-likeness (QED) is 0.0616. The van der Waals surface area contributed by atoms with Gasteiger partial charge in [-0.05, 0) is 32.1 Å². The van der Waals surface area contributed by atoms with Crippen LogP contribution >= 0.6 is 0 Å². The van der Waals surface area contributed by atoms with E-state index in [9.17, 15) is 9.59 Å². The monoisotopic (exact) mass is 591 g/mol. The third kappa shape index (κ3) is 22.3. The van der Waals surface area contributed by atoms with Crippen molar-refractivity contribution in [2.75, 3.05) is 13.2 Å². The van der Waals surface area contributed by atoms with Crippen LogP contribution in [0.15, 0.2) is 11.6 Å². The summed E-state index contributed by atoms with van der Waals surface area (Å²) in [4.78, 5) is 25.5. The molecular formula is C38H70O4. The molecule has 1 aliphatic carbocycles. The van der Waals surface area contributed by atoms with Gasteiger partial charge < -0.3 is 9.47 Å². The molecule has 0 spiro atoms. The van der Waals surface area contributed by atoms with Gasteiger partial charge in [0, 0.05) is 5.57 Å². The van der Waals surface area contributed by atoms with Gasteiger partial charge in [0.25, 0.3) is 0 Å². The van der Waals surface area contributed by atoms with Crippen molar-refractivity contribution in [3.63, 3.8) is 0 Å². The largest absolute Gasteiger partial charge is 0.465 e. The van der Waals surface area contributed by atoms with E-state index in [0.717, 1.165) is 38.5 Å². The van der Waals surface area contributed by atoms with Gasteiger partial charge in [-0.15, -0.1) is 0 Å². The van der Waals surface area contributed by atoms with Crippen LogP contribution in [0.25, 0.3) is 0 Å². The molecule has 1 rings (SSSR count). The maximum Gasteiger partial charge on any atom is 0.334 e. The molecule has 1 unspecified atom stereocenters. The van der Waals surface area contributed by atoms with Gasteiger partial charge in [0.15, 0.2) is 0 Å². The number of unbranched alkanes of at least 4 members (excludes halogenated alkanes) is 24. The average molecular weight is 591 g/mol. The van der Waals surface area contributed by atoms with Crippen molar-refractivity contribution in [1.82, 2.24) is 0 Å². The molecule has 0 amide bonds. The van der Waals surface area contributed by atoms with Crippen LogP contribution in [0.3, 0.4) is 0 Å². The zero-order valence-corrected chi connectivity index (χ0v) is 28.2. The van der Waals surface area contributed by atoms with E-state index in [2.05, 4.69) is 13.8 Å². The number of carbonyl (C=O) groups excluding carboxylic acids is 2. The number of hydrogen-bond donors (Lipinski definition) is 0. The molecule has 1 aliphatic rings. The van der Waals surface area contributed by atoms with Gasteiger partial charge in [-0.25, -0.2) is 4.79 Å². The second-order valence-corrected chi connectivity index (χ2v) is 12.9. The normalized spacial score (nSPS) is 15.0. The van der Waals surface area contributed by atoms with Crippen LogP contribution in [0.4, 0.5) is 0 Å². The fraction of sp³-hybridized carbons (Fsp3) is 0.895. The summed E-state index contributed by atoms with van der Waals surface area (Å²) in [5.74, 6) is -0.991. The van der Waals surface area contributed by atoms with E-state index in [-0.39, 0.29) is 11.9 Å². The van der Waals surface area contributed by atoms with Crippen LogP contribution in [-0.4, -0.2) is 25.2 Å². The summed E-state index contributed by atoms with van der Waals surface area (Å²) in [6, 6.07) is 0. The third-order valence-corrected chi connectivity index (χ3v) is 8.93. The number of ether oxygens (including phenoxy) is 2. The van der Waals surface area contributed by atoms with Crippen LogP contribution in [0, 0.1) is 5.92 Å². The minimum Gasteiger partial charge on any atom is -0.465 e. The van der Waals surface area contributed by atoms with Crippen LogP contribution < -0.4 is 0 Å². The molecular weight excluding hydrogens is 520 g/mol. The molecule has 0 aliphatic heterocycles. The predicted molar refractivity (Wildman–Crippen MR) is 179 cm³/mol. The van der Waals surface area contributed by atoms with E-state index in [1.807, 2.05) is 6.08 Å². The summed E-state index contributed by atoms with van der Waals surface area (Å²) in [5.41, 5.74) is 0.534. The van der Waals surface area contributed by atoms with Crippen molar-refractivity contribution in [1.29, 1.82) is 0 Å². The van der Waals surface area contributed by atoms with E-state index in [0.29, 0.717) is 25.2 Å². The number of esters is 2. The van der Waals surface area contributed by atoms with Crippen LogP contribution in [-0.2, 0) is 19.1 Å². The van der Waals surface area contributed by atoms with Gasteiger partial charge in [0.1, 0.15) is 0 Å². The number of hydrogen-bond acceptors (Lipinski definition) is 4. The van der Waals surface area contributed by atoms with E-state index in [1.165, 1.54) is 141 Å².